The Kier molecular flexibility index (Phi) is 7.49. The normalized spacial score (nSPS) is 12.1. The van der Waals surface area contributed by atoms with Crippen molar-refractivity contribution in [2.75, 3.05) is 17.4 Å². The first kappa shape index (κ1) is 25.9. The van der Waals surface area contributed by atoms with Crippen molar-refractivity contribution < 1.29 is 16.8 Å². The van der Waals surface area contributed by atoms with Gasteiger partial charge in [-0.25, -0.2) is 21.6 Å². The molecule has 0 atom stereocenters. The molecule has 0 unspecified atom stereocenters. The van der Waals surface area contributed by atoms with Gasteiger partial charge in [0.25, 0.3) is 10.0 Å². The zero-order valence-corrected chi connectivity index (χ0v) is 22.2. The number of aryl methyl sites for hydroxylation is 3. The number of benzene rings is 4. The Morgan fingerprint density at radius 2 is 1.33 bits per heavy atom. The molecule has 0 aliphatic rings. The first-order valence-corrected chi connectivity index (χ1v) is 14.7. The second-order valence-corrected chi connectivity index (χ2v) is 12.5. The Bertz CT molecular complexity index is 1580. The Morgan fingerprint density at radius 1 is 0.722 bits per heavy atom. The van der Waals surface area contributed by atoms with Crippen molar-refractivity contribution in [2.24, 2.45) is 0 Å². The zero-order valence-electron chi connectivity index (χ0n) is 20.6. The number of nitrogens with zero attached hydrogens (tertiary/aromatic N) is 1. The average Bonchev–Trinajstić information content (AvgIpc) is 2.83. The maximum absolute atomic E-state index is 13.7. The summed E-state index contributed by atoms with van der Waals surface area (Å²) in [5.41, 5.74) is 2.90. The smallest absolute Gasteiger partial charge is 0.264 e. The van der Waals surface area contributed by atoms with Gasteiger partial charge < -0.3 is 0 Å². The predicted octanol–water partition coefficient (Wildman–Crippen LogP) is 5.33. The number of hydrogen-bond acceptors (Lipinski definition) is 4. The SMILES string of the molecule is Cc1cc(C)c(S(=O)(=O)NCCCN(c2ccccc2)S(=O)(=O)c2ccc3ccccc3c2)c(C)c1. The largest absolute Gasteiger partial charge is 0.266 e. The highest BCUT2D eigenvalue weighted by Gasteiger charge is 2.25. The molecule has 4 aromatic rings. The fourth-order valence-electron chi connectivity index (χ4n) is 4.53. The van der Waals surface area contributed by atoms with Crippen molar-refractivity contribution >= 4 is 36.5 Å². The Balaban J connectivity index is 1.56. The molecule has 8 heteroatoms. The maximum Gasteiger partial charge on any atom is 0.264 e. The lowest BCUT2D eigenvalue weighted by atomic mass is 10.1. The van der Waals surface area contributed by atoms with Crippen LogP contribution in [0.25, 0.3) is 10.8 Å². The molecule has 0 aliphatic carbocycles. The third kappa shape index (κ3) is 5.46. The number of fused-ring (bicyclic) bond motifs is 1. The lowest BCUT2D eigenvalue weighted by molar-refractivity contribution is 0.576. The van der Waals surface area contributed by atoms with E-state index in [-0.39, 0.29) is 22.9 Å². The van der Waals surface area contributed by atoms with Gasteiger partial charge in [0, 0.05) is 13.1 Å². The summed E-state index contributed by atoms with van der Waals surface area (Å²) in [5, 5.41) is 1.79. The van der Waals surface area contributed by atoms with Crippen LogP contribution in [0, 0.1) is 20.8 Å². The molecule has 36 heavy (non-hydrogen) atoms. The van der Waals surface area contributed by atoms with E-state index in [4.69, 9.17) is 0 Å². The first-order valence-electron chi connectivity index (χ1n) is 11.7. The molecule has 4 rings (SSSR count). The van der Waals surface area contributed by atoms with Crippen LogP contribution in [-0.4, -0.2) is 29.9 Å². The number of para-hydroxylation sites is 1. The van der Waals surface area contributed by atoms with Gasteiger partial charge in [0.05, 0.1) is 15.5 Å². The minimum atomic E-state index is -3.88. The summed E-state index contributed by atoms with van der Waals surface area (Å²) in [6.07, 6.45) is 0.297. The Hall–Kier alpha value is -3.20. The predicted molar refractivity (Wildman–Crippen MR) is 145 cm³/mol. The number of hydrogen-bond donors (Lipinski definition) is 1. The van der Waals surface area contributed by atoms with E-state index in [1.54, 1.807) is 56.3 Å². The standard InChI is InChI=1S/C28H30N2O4S2/c1-21-18-22(2)28(23(3)19-21)35(31,32)29-16-9-17-30(26-12-5-4-6-13-26)36(33,34)27-15-14-24-10-7-8-11-25(24)20-27/h4-8,10-15,18-20,29H,9,16-17H2,1-3H3. The summed E-state index contributed by atoms with van der Waals surface area (Å²) in [6.45, 7) is 5.71. The van der Waals surface area contributed by atoms with Gasteiger partial charge in [-0.3, -0.25) is 4.31 Å². The average molecular weight is 523 g/mol. The Labute approximate surface area is 213 Å². The highest BCUT2D eigenvalue weighted by atomic mass is 32.2. The molecule has 0 radical (unpaired) electrons. The highest BCUT2D eigenvalue weighted by Crippen LogP contribution is 2.27. The number of rotatable bonds is 9. The molecule has 0 heterocycles. The van der Waals surface area contributed by atoms with E-state index in [2.05, 4.69) is 4.72 Å². The molecule has 0 fully saturated rings. The minimum Gasteiger partial charge on any atom is -0.266 e. The van der Waals surface area contributed by atoms with Gasteiger partial charge in [-0.15, -0.1) is 0 Å². The van der Waals surface area contributed by atoms with Crippen molar-refractivity contribution in [1.82, 2.24) is 4.72 Å². The second-order valence-electron chi connectivity index (χ2n) is 8.90. The van der Waals surface area contributed by atoms with E-state index >= 15 is 0 Å². The molecule has 0 spiro atoms. The first-order chi connectivity index (χ1) is 17.1. The second kappa shape index (κ2) is 10.4. The molecule has 0 amide bonds. The van der Waals surface area contributed by atoms with Crippen molar-refractivity contribution in [1.29, 1.82) is 0 Å². The van der Waals surface area contributed by atoms with Crippen LogP contribution < -0.4 is 9.03 Å². The molecule has 6 nitrogen and oxygen atoms in total. The van der Waals surface area contributed by atoms with Crippen LogP contribution in [0.5, 0.6) is 0 Å². The lowest BCUT2D eigenvalue weighted by Crippen LogP contribution is -2.34. The minimum absolute atomic E-state index is 0.103. The maximum atomic E-state index is 13.7. The molecule has 0 aromatic heterocycles. The fraction of sp³-hybridized carbons (Fsp3) is 0.214. The molecule has 0 saturated carbocycles. The van der Waals surface area contributed by atoms with E-state index < -0.39 is 20.0 Å². The molecular weight excluding hydrogens is 492 g/mol. The van der Waals surface area contributed by atoms with Gasteiger partial charge in [0.2, 0.25) is 10.0 Å². The number of nitrogens with one attached hydrogen (secondary N) is 1. The van der Waals surface area contributed by atoms with E-state index in [9.17, 15) is 16.8 Å². The number of sulfonamides is 2. The molecule has 4 aromatic carbocycles. The van der Waals surface area contributed by atoms with E-state index in [1.165, 1.54) is 4.31 Å². The van der Waals surface area contributed by atoms with Gasteiger partial charge in [-0.1, -0.05) is 66.2 Å². The molecular formula is C28H30N2O4S2. The monoisotopic (exact) mass is 522 g/mol. The van der Waals surface area contributed by atoms with Crippen LogP contribution in [0.3, 0.4) is 0 Å². The summed E-state index contributed by atoms with van der Waals surface area (Å²) in [5.74, 6) is 0. The summed E-state index contributed by atoms with van der Waals surface area (Å²) in [7, 11) is -7.61. The van der Waals surface area contributed by atoms with Gasteiger partial charge in [-0.05, 0) is 73.4 Å². The van der Waals surface area contributed by atoms with Crippen LogP contribution >= 0.6 is 0 Å². The molecule has 188 valence electrons. The summed E-state index contributed by atoms with van der Waals surface area (Å²) in [4.78, 5) is 0.466. The van der Waals surface area contributed by atoms with Crippen molar-refractivity contribution in [3.63, 3.8) is 0 Å². The molecule has 0 bridgehead atoms. The zero-order chi connectivity index (χ0) is 25.9. The van der Waals surface area contributed by atoms with Crippen LogP contribution in [0.4, 0.5) is 5.69 Å². The van der Waals surface area contributed by atoms with Gasteiger partial charge in [0.15, 0.2) is 0 Å². The Morgan fingerprint density at radius 3 is 2.00 bits per heavy atom. The van der Waals surface area contributed by atoms with Crippen LogP contribution in [-0.2, 0) is 20.0 Å². The van der Waals surface area contributed by atoms with Gasteiger partial charge in [-0.2, -0.15) is 0 Å². The number of anilines is 1. The van der Waals surface area contributed by atoms with Crippen molar-refractivity contribution in [3.05, 3.63) is 102 Å². The van der Waals surface area contributed by atoms with Crippen LogP contribution in [0.2, 0.25) is 0 Å². The van der Waals surface area contributed by atoms with Crippen LogP contribution in [0.1, 0.15) is 23.1 Å². The topological polar surface area (TPSA) is 83.6 Å². The summed E-state index contributed by atoms with van der Waals surface area (Å²) < 4.78 is 57.4. The van der Waals surface area contributed by atoms with Gasteiger partial charge >= 0.3 is 0 Å². The van der Waals surface area contributed by atoms with E-state index in [0.717, 1.165) is 16.3 Å². The quantitative estimate of drug-likeness (QED) is 0.301. The molecule has 1 N–H and O–H groups in total. The van der Waals surface area contributed by atoms with Crippen molar-refractivity contribution in [3.8, 4) is 0 Å². The summed E-state index contributed by atoms with van der Waals surface area (Å²) >= 11 is 0. The lowest BCUT2D eigenvalue weighted by Gasteiger charge is -2.25. The van der Waals surface area contributed by atoms with Gasteiger partial charge in [0.1, 0.15) is 0 Å². The summed E-state index contributed by atoms with van der Waals surface area (Å²) in [6, 6.07) is 25.2. The molecule has 0 aliphatic heterocycles. The van der Waals surface area contributed by atoms with E-state index in [1.807, 2.05) is 49.4 Å². The third-order valence-electron chi connectivity index (χ3n) is 6.06. The van der Waals surface area contributed by atoms with Crippen molar-refractivity contribution in [2.45, 2.75) is 37.0 Å². The van der Waals surface area contributed by atoms with Crippen LogP contribution in [0.15, 0.2) is 94.7 Å². The highest BCUT2D eigenvalue weighted by molar-refractivity contribution is 7.92. The molecule has 0 saturated heterocycles. The third-order valence-corrected chi connectivity index (χ3v) is 9.65. The van der Waals surface area contributed by atoms with E-state index in [0.29, 0.717) is 23.2 Å². The fourth-order valence-corrected chi connectivity index (χ4v) is 7.59.